The summed E-state index contributed by atoms with van der Waals surface area (Å²) in [7, 11) is 0. The Kier molecular flexibility index (Phi) is 5.21. The van der Waals surface area contributed by atoms with E-state index in [1.165, 1.54) is 6.07 Å². The lowest BCUT2D eigenvalue weighted by Gasteiger charge is -2.17. The summed E-state index contributed by atoms with van der Waals surface area (Å²) in [6.45, 7) is 5.50. The van der Waals surface area contributed by atoms with Gasteiger partial charge in [0.2, 0.25) is 0 Å². The number of amides is 1. The zero-order chi connectivity index (χ0) is 17.0. The Bertz CT molecular complexity index is 724. The second-order valence-corrected chi connectivity index (χ2v) is 5.89. The molecule has 0 fully saturated rings. The minimum Gasteiger partial charge on any atom is -0.507 e. The summed E-state index contributed by atoms with van der Waals surface area (Å²) in [6.07, 6.45) is 0. The zero-order valence-electron chi connectivity index (χ0n) is 13.5. The highest BCUT2D eigenvalue weighted by molar-refractivity contribution is 5.99. The second-order valence-electron chi connectivity index (χ2n) is 5.89. The normalized spacial score (nSPS) is 12.2. The van der Waals surface area contributed by atoms with E-state index in [9.17, 15) is 14.7 Å². The smallest absolute Gasteiger partial charge is 0.342 e. The van der Waals surface area contributed by atoms with Gasteiger partial charge in [-0.15, -0.1) is 0 Å². The van der Waals surface area contributed by atoms with Crippen molar-refractivity contribution in [3.05, 3.63) is 42.0 Å². The molecule has 0 aliphatic heterocycles. The molecular formula is C18H21NO4. The summed E-state index contributed by atoms with van der Waals surface area (Å²) >= 11 is 0. The molecule has 0 unspecified atom stereocenters. The number of phenolic OH excluding ortho intramolecular Hbond substituents is 1. The number of esters is 1. The van der Waals surface area contributed by atoms with E-state index in [2.05, 4.69) is 5.32 Å². The van der Waals surface area contributed by atoms with Crippen LogP contribution < -0.4 is 5.32 Å². The number of benzene rings is 2. The first-order valence-electron chi connectivity index (χ1n) is 7.56. The topological polar surface area (TPSA) is 75.6 Å². The Hall–Kier alpha value is -2.56. The number of hydrogen-bond acceptors (Lipinski definition) is 4. The van der Waals surface area contributed by atoms with Crippen molar-refractivity contribution in [2.75, 3.05) is 6.61 Å². The molecule has 0 aromatic heterocycles. The van der Waals surface area contributed by atoms with Gasteiger partial charge in [-0.05, 0) is 35.7 Å². The van der Waals surface area contributed by atoms with Crippen molar-refractivity contribution in [1.82, 2.24) is 5.32 Å². The van der Waals surface area contributed by atoms with Gasteiger partial charge in [0.1, 0.15) is 11.3 Å². The summed E-state index contributed by atoms with van der Waals surface area (Å²) in [4.78, 5) is 23.8. The van der Waals surface area contributed by atoms with Crippen molar-refractivity contribution in [3.8, 4) is 5.75 Å². The van der Waals surface area contributed by atoms with Gasteiger partial charge in [0.05, 0.1) is 0 Å². The summed E-state index contributed by atoms with van der Waals surface area (Å²) in [6, 6.07) is 10.4. The summed E-state index contributed by atoms with van der Waals surface area (Å²) in [5.74, 6) is -0.954. The molecule has 1 atom stereocenters. The molecule has 2 N–H and O–H groups in total. The SMILES string of the molecule is CC(C)[C@H](C)NC(=O)COC(=O)c1cc2ccccc2cc1O. The lowest BCUT2D eigenvalue weighted by Crippen LogP contribution is -2.38. The maximum absolute atomic E-state index is 12.1. The third-order valence-corrected chi connectivity index (χ3v) is 3.81. The van der Waals surface area contributed by atoms with Crippen LogP contribution in [0.4, 0.5) is 0 Å². The van der Waals surface area contributed by atoms with Gasteiger partial charge in [0, 0.05) is 6.04 Å². The van der Waals surface area contributed by atoms with Gasteiger partial charge in [-0.1, -0.05) is 38.1 Å². The standard InChI is InChI=1S/C18H21NO4/c1-11(2)12(3)19-17(21)10-23-18(22)15-8-13-6-4-5-7-14(13)9-16(15)20/h4-9,11-12,20H,10H2,1-3H3,(H,19,21)/t12-/m0/s1. The number of carbonyl (C=O) groups is 2. The fraction of sp³-hybridized carbons (Fsp3) is 0.333. The van der Waals surface area contributed by atoms with Crippen LogP contribution >= 0.6 is 0 Å². The van der Waals surface area contributed by atoms with Gasteiger partial charge in [-0.25, -0.2) is 4.79 Å². The van der Waals surface area contributed by atoms with Crippen LogP contribution in [0.1, 0.15) is 31.1 Å². The third-order valence-electron chi connectivity index (χ3n) is 3.81. The van der Waals surface area contributed by atoms with Crippen LogP contribution in [0.3, 0.4) is 0 Å². The second kappa shape index (κ2) is 7.13. The number of hydrogen-bond donors (Lipinski definition) is 2. The minimum atomic E-state index is -0.722. The molecule has 0 aliphatic carbocycles. The molecule has 0 spiro atoms. The molecule has 23 heavy (non-hydrogen) atoms. The fourth-order valence-electron chi connectivity index (χ4n) is 2.06. The highest BCUT2D eigenvalue weighted by Crippen LogP contribution is 2.25. The van der Waals surface area contributed by atoms with Crippen molar-refractivity contribution in [1.29, 1.82) is 0 Å². The van der Waals surface area contributed by atoms with Gasteiger partial charge in [0.25, 0.3) is 5.91 Å². The number of fused-ring (bicyclic) bond motifs is 1. The predicted molar refractivity (Wildman–Crippen MR) is 88.3 cm³/mol. The molecule has 0 saturated heterocycles. The molecule has 122 valence electrons. The first-order valence-corrected chi connectivity index (χ1v) is 7.56. The van der Waals surface area contributed by atoms with Crippen LogP contribution in [0.15, 0.2) is 36.4 Å². The molecule has 0 heterocycles. The van der Waals surface area contributed by atoms with Crippen LogP contribution in [0.5, 0.6) is 5.75 Å². The largest absolute Gasteiger partial charge is 0.507 e. The first-order chi connectivity index (χ1) is 10.9. The number of carbonyl (C=O) groups excluding carboxylic acids is 2. The minimum absolute atomic E-state index is 0.00438. The van der Waals surface area contributed by atoms with Gasteiger partial charge < -0.3 is 15.2 Å². The van der Waals surface area contributed by atoms with Gasteiger partial charge in [-0.2, -0.15) is 0 Å². The molecule has 0 saturated carbocycles. The summed E-state index contributed by atoms with van der Waals surface area (Å²) in [5, 5.41) is 14.4. The maximum atomic E-state index is 12.1. The monoisotopic (exact) mass is 315 g/mol. The highest BCUT2D eigenvalue weighted by Gasteiger charge is 2.17. The number of rotatable bonds is 5. The molecular weight excluding hydrogens is 294 g/mol. The van der Waals surface area contributed by atoms with Crippen LogP contribution in [0.2, 0.25) is 0 Å². The molecule has 0 bridgehead atoms. The quantitative estimate of drug-likeness (QED) is 0.832. The van der Waals surface area contributed by atoms with Gasteiger partial charge >= 0.3 is 5.97 Å². The van der Waals surface area contributed by atoms with E-state index in [1.807, 2.05) is 45.0 Å². The maximum Gasteiger partial charge on any atom is 0.342 e. The number of nitrogens with one attached hydrogen (secondary N) is 1. The molecule has 0 aliphatic rings. The van der Waals surface area contributed by atoms with Crippen molar-refractivity contribution < 1.29 is 19.4 Å². The molecule has 5 nitrogen and oxygen atoms in total. The number of ether oxygens (including phenoxy) is 1. The van der Waals surface area contributed by atoms with Crippen LogP contribution in [-0.2, 0) is 9.53 Å². The van der Waals surface area contributed by atoms with Crippen molar-refractivity contribution in [2.24, 2.45) is 5.92 Å². The molecule has 2 aromatic carbocycles. The van der Waals surface area contributed by atoms with E-state index in [0.717, 1.165) is 10.8 Å². The predicted octanol–water partition coefficient (Wildman–Crippen LogP) is 2.86. The Labute approximate surface area is 135 Å². The molecule has 2 rings (SSSR count). The van der Waals surface area contributed by atoms with Crippen LogP contribution in [0.25, 0.3) is 10.8 Å². The molecule has 2 aromatic rings. The van der Waals surface area contributed by atoms with Crippen molar-refractivity contribution >= 4 is 22.6 Å². The summed E-state index contributed by atoms with van der Waals surface area (Å²) in [5.41, 5.74) is 0.0495. The third kappa shape index (κ3) is 4.22. The first kappa shape index (κ1) is 16.8. The summed E-state index contributed by atoms with van der Waals surface area (Å²) < 4.78 is 4.99. The lowest BCUT2D eigenvalue weighted by atomic mass is 10.1. The van der Waals surface area contributed by atoms with E-state index >= 15 is 0 Å². The van der Waals surface area contributed by atoms with Crippen LogP contribution in [0, 0.1) is 5.92 Å². The highest BCUT2D eigenvalue weighted by atomic mass is 16.5. The molecule has 1 amide bonds. The molecule has 5 heteroatoms. The lowest BCUT2D eigenvalue weighted by molar-refractivity contribution is -0.125. The average molecular weight is 315 g/mol. The van der Waals surface area contributed by atoms with Crippen LogP contribution in [-0.4, -0.2) is 29.6 Å². The molecule has 0 radical (unpaired) electrons. The fourth-order valence-corrected chi connectivity index (χ4v) is 2.06. The Balaban J connectivity index is 2.03. The Morgan fingerprint density at radius 2 is 1.74 bits per heavy atom. The number of phenols is 1. The van der Waals surface area contributed by atoms with E-state index < -0.39 is 5.97 Å². The Morgan fingerprint density at radius 1 is 1.13 bits per heavy atom. The van der Waals surface area contributed by atoms with Crippen molar-refractivity contribution in [3.63, 3.8) is 0 Å². The number of aromatic hydroxyl groups is 1. The van der Waals surface area contributed by atoms with E-state index in [4.69, 9.17) is 4.74 Å². The van der Waals surface area contributed by atoms with E-state index in [-0.39, 0.29) is 29.9 Å². The van der Waals surface area contributed by atoms with E-state index in [0.29, 0.717) is 5.92 Å². The van der Waals surface area contributed by atoms with E-state index in [1.54, 1.807) is 6.07 Å². The Morgan fingerprint density at radius 3 is 2.35 bits per heavy atom. The zero-order valence-corrected chi connectivity index (χ0v) is 13.5. The van der Waals surface area contributed by atoms with Crippen molar-refractivity contribution in [2.45, 2.75) is 26.8 Å². The van der Waals surface area contributed by atoms with Gasteiger partial charge in [0.15, 0.2) is 6.61 Å². The van der Waals surface area contributed by atoms with Gasteiger partial charge in [-0.3, -0.25) is 4.79 Å². The average Bonchev–Trinajstić information content (AvgIpc) is 2.51.